The molecule has 0 spiro atoms. The van der Waals surface area contributed by atoms with E-state index in [1.54, 1.807) is 0 Å². The Labute approximate surface area is 104 Å². The second-order valence-corrected chi connectivity index (χ2v) is 4.62. The molecule has 0 heterocycles. The first-order valence-corrected chi connectivity index (χ1v) is 6.33. The van der Waals surface area contributed by atoms with Gasteiger partial charge in [-0.1, -0.05) is 19.1 Å². The Morgan fingerprint density at radius 3 is 2.24 bits per heavy atom. The molecule has 17 heavy (non-hydrogen) atoms. The molecule has 96 valence electrons. The Kier molecular flexibility index (Phi) is 5.45. The van der Waals surface area contributed by atoms with Crippen LogP contribution in [0.5, 0.6) is 0 Å². The first-order chi connectivity index (χ1) is 8.10. The zero-order valence-electron chi connectivity index (χ0n) is 11.1. The molecule has 0 aliphatic heterocycles. The molecule has 3 N–H and O–H groups in total. The van der Waals surface area contributed by atoms with Crippen LogP contribution in [0.15, 0.2) is 24.3 Å². The third-order valence-electron chi connectivity index (χ3n) is 3.06. The lowest BCUT2D eigenvalue weighted by Crippen LogP contribution is -2.33. The largest absolute Gasteiger partial charge is 0.395 e. The van der Waals surface area contributed by atoms with E-state index in [4.69, 9.17) is 10.8 Å². The van der Waals surface area contributed by atoms with E-state index >= 15 is 0 Å². The van der Waals surface area contributed by atoms with Gasteiger partial charge in [-0.15, -0.1) is 0 Å². The molecule has 0 bridgehead atoms. The fourth-order valence-electron chi connectivity index (χ4n) is 1.94. The first-order valence-electron chi connectivity index (χ1n) is 6.33. The van der Waals surface area contributed by atoms with Crippen molar-refractivity contribution in [2.75, 3.05) is 18.1 Å². The molecule has 3 heteroatoms. The number of hydrogen-bond donors (Lipinski definition) is 2. The predicted molar refractivity (Wildman–Crippen MR) is 73.2 cm³/mol. The summed E-state index contributed by atoms with van der Waals surface area (Å²) in [6.45, 7) is 7.18. The topological polar surface area (TPSA) is 49.5 Å². The summed E-state index contributed by atoms with van der Waals surface area (Å²) in [5.41, 5.74) is 8.30. The molecule has 1 atom stereocenters. The smallest absolute Gasteiger partial charge is 0.0606 e. The molecule has 0 amide bonds. The van der Waals surface area contributed by atoms with Gasteiger partial charge in [-0.25, -0.2) is 0 Å². The van der Waals surface area contributed by atoms with Crippen LogP contribution in [0, 0.1) is 0 Å². The summed E-state index contributed by atoms with van der Waals surface area (Å²) in [5.74, 6) is 0. The molecular formula is C14H24N2O. The van der Waals surface area contributed by atoms with Crippen LogP contribution in [0.1, 0.15) is 38.8 Å². The number of rotatable bonds is 6. The lowest BCUT2D eigenvalue weighted by Gasteiger charge is -2.28. The van der Waals surface area contributed by atoms with Gasteiger partial charge in [0, 0.05) is 24.3 Å². The number of aliphatic hydroxyl groups is 1. The molecule has 3 nitrogen and oxygen atoms in total. The van der Waals surface area contributed by atoms with Crippen LogP contribution in [0.25, 0.3) is 0 Å². The average Bonchev–Trinajstić information content (AvgIpc) is 2.35. The van der Waals surface area contributed by atoms with Crippen LogP contribution in [-0.2, 0) is 0 Å². The molecular weight excluding hydrogens is 212 g/mol. The third kappa shape index (κ3) is 3.72. The number of nitrogens with zero attached hydrogens (tertiary/aromatic N) is 1. The summed E-state index contributed by atoms with van der Waals surface area (Å²) in [6, 6.07) is 8.83. The second-order valence-electron chi connectivity index (χ2n) is 4.62. The van der Waals surface area contributed by atoms with Crippen LogP contribution in [0.3, 0.4) is 0 Å². The molecule has 0 saturated carbocycles. The monoisotopic (exact) mass is 236 g/mol. The maximum Gasteiger partial charge on any atom is 0.0606 e. The number of anilines is 1. The molecule has 1 aromatic rings. The predicted octanol–water partition coefficient (Wildman–Crippen LogP) is 2.30. The highest BCUT2D eigenvalue weighted by atomic mass is 16.3. The Balaban J connectivity index is 2.84. The zero-order valence-corrected chi connectivity index (χ0v) is 11.1. The average molecular weight is 236 g/mol. The second kappa shape index (κ2) is 6.62. The number of aliphatic hydroxyl groups excluding tert-OH is 1. The zero-order chi connectivity index (χ0) is 12.8. The van der Waals surface area contributed by atoms with Crippen LogP contribution in [0.2, 0.25) is 0 Å². The Morgan fingerprint density at radius 2 is 1.82 bits per heavy atom. The lowest BCUT2D eigenvalue weighted by molar-refractivity contribution is 0.299. The van der Waals surface area contributed by atoms with Gasteiger partial charge in [0.2, 0.25) is 0 Å². The Hall–Kier alpha value is -1.06. The summed E-state index contributed by atoms with van der Waals surface area (Å²) in [5, 5.41) is 9.07. The minimum atomic E-state index is 0.120. The van der Waals surface area contributed by atoms with E-state index in [-0.39, 0.29) is 12.6 Å². The van der Waals surface area contributed by atoms with E-state index < -0.39 is 0 Å². The van der Waals surface area contributed by atoms with Gasteiger partial charge in [0.05, 0.1) is 6.61 Å². The maximum absolute atomic E-state index is 9.07. The van der Waals surface area contributed by atoms with Crippen LogP contribution in [0.4, 0.5) is 5.69 Å². The highest BCUT2D eigenvalue weighted by Gasteiger charge is 2.10. The van der Waals surface area contributed by atoms with Crippen LogP contribution >= 0.6 is 0 Å². The minimum absolute atomic E-state index is 0.120. The van der Waals surface area contributed by atoms with Gasteiger partial charge in [-0.05, 0) is 38.0 Å². The molecule has 0 aliphatic rings. The van der Waals surface area contributed by atoms with Crippen molar-refractivity contribution in [1.82, 2.24) is 0 Å². The van der Waals surface area contributed by atoms with E-state index in [0.717, 1.165) is 12.1 Å². The molecule has 0 aliphatic carbocycles. The van der Waals surface area contributed by atoms with Crippen molar-refractivity contribution >= 4 is 5.69 Å². The van der Waals surface area contributed by atoms with Gasteiger partial charge in [0.15, 0.2) is 0 Å². The molecule has 1 aromatic carbocycles. The first kappa shape index (κ1) is 14.0. The van der Waals surface area contributed by atoms with E-state index in [9.17, 15) is 0 Å². The summed E-state index contributed by atoms with van der Waals surface area (Å²) in [4.78, 5) is 2.18. The molecule has 0 fully saturated rings. The minimum Gasteiger partial charge on any atom is -0.395 e. The van der Waals surface area contributed by atoms with Crippen LogP contribution in [-0.4, -0.2) is 24.3 Å². The van der Waals surface area contributed by atoms with Crippen molar-refractivity contribution in [3.8, 4) is 0 Å². The van der Waals surface area contributed by atoms with Gasteiger partial charge in [0.1, 0.15) is 0 Å². The van der Waals surface area contributed by atoms with Crippen molar-refractivity contribution in [2.24, 2.45) is 5.73 Å². The molecule has 0 saturated heterocycles. The van der Waals surface area contributed by atoms with Gasteiger partial charge < -0.3 is 15.7 Å². The summed E-state index contributed by atoms with van der Waals surface area (Å²) in [7, 11) is 0. The summed E-state index contributed by atoms with van der Waals surface area (Å²) in [6.07, 6.45) is 0.948. The molecule has 0 aromatic heterocycles. The molecule has 1 rings (SSSR count). The van der Waals surface area contributed by atoms with E-state index in [0.29, 0.717) is 12.6 Å². The fraction of sp³-hybridized carbons (Fsp3) is 0.571. The van der Waals surface area contributed by atoms with E-state index in [2.05, 4.69) is 49.9 Å². The molecule has 0 radical (unpaired) electrons. The van der Waals surface area contributed by atoms with Crippen LogP contribution < -0.4 is 10.6 Å². The van der Waals surface area contributed by atoms with Gasteiger partial charge in [-0.3, -0.25) is 0 Å². The van der Waals surface area contributed by atoms with Crippen molar-refractivity contribution in [2.45, 2.75) is 39.3 Å². The van der Waals surface area contributed by atoms with Crippen molar-refractivity contribution in [3.63, 3.8) is 0 Å². The Bertz CT molecular complexity index is 321. The van der Waals surface area contributed by atoms with Gasteiger partial charge in [0.25, 0.3) is 0 Å². The Morgan fingerprint density at radius 1 is 1.24 bits per heavy atom. The van der Waals surface area contributed by atoms with Crippen molar-refractivity contribution in [1.29, 1.82) is 0 Å². The number of nitrogens with two attached hydrogens (primary N) is 1. The summed E-state index contributed by atoms with van der Waals surface area (Å²) < 4.78 is 0. The van der Waals surface area contributed by atoms with Crippen molar-refractivity contribution < 1.29 is 5.11 Å². The van der Waals surface area contributed by atoms with Gasteiger partial charge in [-0.2, -0.15) is 0 Å². The maximum atomic E-state index is 9.07. The standard InChI is InChI=1S/C14H24N2O/c1-4-14(15)12-5-7-13(8-6-12)16(9-10-17)11(2)3/h5-8,11,14,17H,4,9-10,15H2,1-3H3/t14-/m0/s1. The summed E-state index contributed by atoms with van der Waals surface area (Å²) >= 11 is 0. The molecule has 0 unspecified atom stereocenters. The SMILES string of the molecule is CC[C@H](N)c1ccc(N(CCO)C(C)C)cc1. The number of benzene rings is 1. The van der Waals surface area contributed by atoms with E-state index in [1.165, 1.54) is 5.56 Å². The number of hydrogen-bond acceptors (Lipinski definition) is 3. The fourth-order valence-corrected chi connectivity index (χ4v) is 1.94. The third-order valence-corrected chi connectivity index (χ3v) is 3.06. The quantitative estimate of drug-likeness (QED) is 0.797. The highest BCUT2D eigenvalue weighted by Crippen LogP contribution is 2.21. The lowest BCUT2D eigenvalue weighted by atomic mass is 10.0. The van der Waals surface area contributed by atoms with E-state index in [1.807, 2.05) is 0 Å². The van der Waals surface area contributed by atoms with Gasteiger partial charge >= 0.3 is 0 Å². The van der Waals surface area contributed by atoms with Crippen molar-refractivity contribution in [3.05, 3.63) is 29.8 Å². The highest BCUT2D eigenvalue weighted by molar-refractivity contribution is 5.48. The normalized spacial score (nSPS) is 12.8.